The van der Waals surface area contributed by atoms with Crippen molar-refractivity contribution >= 4 is 55.0 Å². The molecule has 0 bridgehead atoms. The molecule has 0 spiro atoms. The first kappa shape index (κ1) is 42.1. The van der Waals surface area contributed by atoms with Crippen molar-refractivity contribution in [3.8, 4) is 22.3 Å². The quantitative estimate of drug-likeness (QED) is 0.149. The van der Waals surface area contributed by atoms with Crippen molar-refractivity contribution in [1.82, 2.24) is 0 Å². The summed E-state index contributed by atoms with van der Waals surface area (Å²) in [5, 5.41) is 0. The van der Waals surface area contributed by atoms with Gasteiger partial charge in [-0.3, -0.25) is 0 Å². The average Bonchev–Trinajstić information content (AvgIpc) is 3.94. The Hall–Kier alpha value is -3.48. The molecule has 0 radical (unpaired) electrons. The van der Waals surface area contributed by atoms with E-state index in [1.807, 2.05) is 0 Å². The predicted molar refractivity (Wildman–Crippen MR) is 241 cm³/mol. The van der Waals surface area contributed by atoms with Crippen molar-refractivity contribution in [3.63, 3.8) is 0 Å². The Morgan fingerprint density at radius 3 is 1.30 bits per heavy atom. The fourth-order valence-corrected chi connectivity index (χ4v) is 28.1. The minimum atomic E-state index is -4.27. The van der Waals surface area contributed by atoms with Gasteiger partial charge in [-0.2, -0.15) is 0 Å². The van der Waals surface area contributed by atoms with Crippen LogP contribution in [0.1, 0.15) is 85.9 Å². The second-order valence-electron chi connectivity index (χ2n) is 17.0. The molecule has 0 aliphatic heterocycles. The van der Waals surface area contributed by atoms with Crippen molar-refractivity contribution in [1.29, 1.82) is 0 Å². The predicted octanol–water partition coefficient (Wildman–Crippen LogP) is 12.0. The zero-order valence-electron chi connectivity index (χ0n) is 33.8. The topological polar surface area (TPSA) is 78.3 Å². The summed E-state index contributed by atoms with van der Waals surface area (Å²) in [6, 6.07) is 31.2. The molecule has 2 unspecified atom stereocenters. The van der Waals surface area contributed by atoms with Crippen LogP contribution in [0.5, 0.6) is 0 Å². The molecule has 6 aromatic rings. The average molecular weight is 881 g/mol. The van der Waals surface area contributed by atoms with Gasteiger partial charge in [0.1, 0.15) is 0 Å². The summed E-state index contributed by atoms with van der Waals surface area (Å²) >= 11 is -4.27. The van der Waals surface area contributed by atoms with Gasteiger partial charge in [0.25, 0.3) is 0 Å². The smallest absolute Gasteiger partial charge is 0.147 e. The Bertz CT molecular complexity index is 2480. The minimum Gasteiger partial charge on any atom is -0.147 e. The third-order valence-corrected chi connectivity index (χ3v) is 29.7. The molecule has 2 aliphatic rings. The van der Waals surface area contributed by atoms with Crippen molar-refractivity contribution in [2.45, 2.75) is 71.1 Å². The summed E-state index contributed by atoms with van der Waals surface area (Å²) in [5.74, 6) is 3.80. The fourth-order valence-electron chi connectivity index (χ4n) is 9.79. The van der Waals surface area contributed by atoms with Gasteiger partial charge in [-0.15, -0.1) is 24.8 Å². The molecule has 4 aromatic carbocycles. The van der Waals surface area contributed by atoms with Gasteiger partial charge in [0.05, 0.1) is 0 Å². The second-order valence-corrected chi connectivity index (χ2v) is 47.5. The van der Waals surface area contributed by atoms with Crippen molar-refractivity contribution < 1.29 is 26.2 Å². The Balaban J connectivity index is 0.00000266. The van der Waals surface area contributed by atoms with Gasteiger partial charge in [-0.25, -0.2) is 0 Å². The number of furan rings is 2. The molecule has 2 heterocycles. The van der Waals surface area contributed by atoms with E-state index < -0.39 is 17.4 Å². The van der Waals surface area contributed by atoms with E-state index >= 15 is 0 Å². The maximum Gasteiger partial charge on any atom is -0.147 e. The fraction of sp³-hybridized carbons (Fsp3) is 0.250. The summed E-state index contributed by atoms with van der Waals surface area (Å²) in [6.07, 6.45) is 4.95. The summed E-state index contributed by atoms with van der Waals surface area (Å²) < 4.78 is 19.0. The summed E-state index contributed by atoms with van der Waals surface area (Å²) in [5.41, 5.74) is 33.0. The van der Waals surface area contributed by atoms with Gasteiger partial charge in [0.2, 0.25) is 0 Å². The van der Waals surface area contributed by atoms with Crippen LogP contribution in [-0.2, 0) is 30.5 Å². The molecule has 2 atom stereocenters. The van der Waals surface area contributed by atoms with Crippen molar-refractivity contribution in [3.05, 3.63) is 164 Å². The number of aryl methyl sites for hydroxylation is 4. The van der Waals surface area contributed by atoms with E-state index in [0.29, 0.717) is 13.1 Å². The number of allylic oxidation sites excluding steroid dienone is 2. The van der Waals surface area contributed by atoms with Crippen molar-refractivity contribution in [2.75, 3.05) is 0 Å². The molecule has 0 fully saturated rings. The minimum absolute atomic E-state index is 0. The summed E-state index contributed by atoms with van der Waals surface area (Å²) in [7, 11) is 0. The number of nitrogens with two attached hydrogens (primary N) is 2. The van der Waals surface area contributed by atoms with Crippen LogP contribution in [0.2, 0.25) is 9.26 Å². The first-order valence-corrected chi connectivity index (χ1v) is 32.9. The Labute approximate surface area is 347 Å². The summed E-state index contributed by atoms with van der Waals surface area (Å²) in [6.45, 7) is 16.6. The number of halogens is 2. The molecule has 0 saturated carbocycles. The number of benzene rings is 4. The molecule has 4 N–H and O–H groups in total. The van der Waals surface area contributed by atoms with Crippen LogP contribution in [0.25, 0.3) is 45.6 Å². The van der Waals surface area contributed by atoms with Crippen LogP contribution in [0.15, 0.2) is 93.8 Å². The molecule has 2 aliphatic carbocycles. The largest absolute Gasteiger partial charge is 0.147 e. The number of hydrogen-bond donors (Lipinski definition) is 2. The first-order valence-electron chi connectivity index (χ1n) is 19.2. The maximum absolute atomic E-state index is 6.60. The number of hydrogen-bond acceptors (Lipinski definition) is 4. The molecule has 8 rings (SSSR count). The van der Waals surface area contributed by atoms with Crippen LogP contribution in [0.4, 0.5) is 0 Å². The van der Waals surface area contributed by atoms with E-state index in [2.05, 4.69) is 155 Å². The van der Waals surface area contributed by atoms with Crippen molar-refractivity contribution in [2.24, 2.45) is 11.5 Å². The zero-order valence-corrected chi connectivity index (χ0v) is 39.3. The second kappa shape index (κ2) is 15.4. The zero-order chi connectivity index (χ0) is 38.3. The van der Waals surface area contributed by atoms with Gasteiger partial charge >= 0.3 is 325 Å². The van der Waals surface area contributed by atoms with Gasteiger partial charge in [-0.1, -0.05) is 0 Å². The van der Waals surface area contributed by atoms with Crippen LogP contribution >= 0.6 is 24.8 Å². The van der Waals surface area contributed by atoms with E-state index in [9.17, 15) is 0 Å². The van der Waals surface area contributed by atoms with Crippen LogP contribution in [0.3, 0.4) is 0 Å². The first-order chi connectivity index (χ1) is 25.7. The third-order valence-electron chi connectivity index (χ3n) is 12.5. The molecular formula is C48H54Cl2N2O2SiZr. The summed E-state index contributed by atoms with van der Waals surface area (Å²) in [4.78, 5) is 0. The standard InChI is InChI=1S/2C23H22NO.2CH3.2ClH.H2Si.Zr/c2*1-14-9-19-11-20(22-8-7-15(2)25-22)12-21(19)23(16(14)3)18-6-4-5-17(10-18)13-24;;;;;;/h2*4-12H,13,24H2,1-3H3;2*1H3;2*1H;1H2;. The molecule has 290 valence electrons. The Kier molecular flexibility index (Phi) is 11.6. The maximum atomic E-state index is 6.60. The molecule has 56 heavy (non-hydrogen) atoms. The molecule has 8 heteroatoms. The Morgan fingerprint density at radius 1 is 0.571 bits per heavy atom. The monoisotopic (exact) mass is 878 g/mol. The van der Waals surface area contributed by atoms with Gasteiger partial charge in [0, 0.05) is 0 Å². The normalized spacial score (nSPS) is 16.1. The van der Waals surface area contributed by atoms with Crippen LogP contribution in [0, 0.1) is 41.5 Å². The molecule has 0 saturated heterocycles. The number of rotatable bonds is 8. The molecule has 4 nitrogen and oxygen atoms in total. The van der Waals surface area contributed by atoms with Crippen LogP contribution < -0.4 is 11.5 Å². The SMILES string of the molecule is Cc1ccc(C2=Cc3c(cc(C)c(C)c3-c3cccc(CN)c3)[CH]2[Zr]([CH3])([CH3])(=[SiH2])[CH]2C(c3ccc(C)o3)=Cc3c2cc(C)c(C)c3-c2cccc(CN)c2)o1.Cl.Cl. The van der Waals surface area contributed by atoms with Crippen LogP contribution in [-0.4, -0.2) is 6.88 Å². The van der Waals surface area contributed by atoms with E-state index in [1.165, 1.54) is 77.9 Å². The Morgan fingerprint density at radius 2 is 0.964 bits per heavy atom. The molecule has 2 aromatic heterocycles. The van der Waals surface area contributed by atoms with E-state index in [1.54, 1.807) is 0 Å². The van der Waals surface area contributed by atoms with E-state index in [4.69, 9.17) is 20.3 Å². The van der Waals surface area contributed by atoms with Gasteiger partial charge < -0.3 is 0 Å². The van der Waals surface area contributed by atoms with E-state index in [0.717, 1.165) is 34.2 Å². The number of fused-ring (bicyclic) bond motifs is 2. The molecule has 0 amide bonds. The van der Waals surface area contributed by atoms with Gasteiger partial charge in [-0.05, 0) is 0 Å². The van der Waals surface area contributed by atoms with E-state index in [-0.39, 0.29) is 32.1 Å². The third kappa shape index (κ3) is 6.85. The molecular weight excluding hydrogens is 827 g/mol. The van der Waals surface area contributed by atoms with Gasteiger partial charge in [0.15, 0.2) is 0 Å².